The number of anilines is 1. The summed E-state index contributed by atoms with van der Waals surface area (Å²) in [6.07, 6.45) is 12.7. The van der Waals surface area contributed by atoms with Crippen LogP contribution in [0.1, 0.15) is 111 Å². The smallest absolute Gasteiger partial charge is 0.363 e. The molecule has 1 saturated heterocycles. The van der Waals surface area contributed by atoms with E-state index in [4.69, 9.17) is 9.57 Å². The number of amides is 2. The zero-order valence-corrected chi connectivity index (χ0v) is 38.2. The summed E-state index contributed by atoms with van der Waals surface area (Å²) in [6.45, 7) is 8.63. The lowest BCUT2D eigenvalue weighted by atomic mass is 9.81. The largest absolute Gasteiger partial charge is 0.443 e. The summed E-state index contributed by atoms with van der Waals surface area (Å²) in [5.74, 6) is -4.52. The Morgan fingerprint density at radius 2 is 1.29 bits per heavy atom. The molecule has 2 amide bonds. The average molecular weight is 935 g/mol. The predicted molar refractivity (Wildman–Crippen MR) is 238 cm³/mol. The van der Waals surface area contributed by atoms with Crippen LogP contribution in [0.2, 0.25) is 0 Å². The molecule has 1 saturated carbocycles. The number of ketones is 2. The molecular weight excluding hydrogens is 883 g/mol. The number of esters is 1. The molecule has 2 aromatic carbocycles. The molecule has 3 heterocycles. The summed E-state index contributed by atoms with van der Waals surface area (Å²) in [4.78, 5) is 81.9. The molecule has 2 N–H and O–H groups in total. The molecule has 2 fully saturated rings. The predicted octanol–water partition coefficient (Wildman–Crippen LogP) is 5.43. The molecule has 346 valence electrons. The second-order valence-corrected chi connectivity index (χ2v) is 20.4. The quantitative estimate of drug-likeness (QED) is 0.0361. The van der Waals surface area contributed by atoms with Gasteiger partial charge in [0.05, 0.1) is 28.0 Å². The highest BCUT2D eigenvalue weighted by atomic mass is 32.2. The molecule has 4 aliphatic rings. The minimum atomic E-state index is -4.16. The van der Waals surface area contributed by atoms with E-state index in [1.807, 2.05) is 73.6 Å². The van der Waals surface area contributed by atoms with Crippen LogP contribution in [0.25, 0.3) is 0 Å². The van der Waals surface area contributed by atoms with Crippen molar-refractivity contribution in [1.82, 2.24) is 5.06 Å². The van der Waals surface area contributed by atoms with Crippen LogP contribution in [0.4, 0.5) is 11.4 Å². The number of unbranched alkanes of at least 4 members (excludes halogenated alkanes) is 2. The maximum atomic E-state index is 13.1. The number of imide groups is 1. The number of allylic oxidation sites excluding steroid dienone is 8. The van der Waals surface area contributed by atoms with Crippen LogP contribution in [0.5, 0.6) is 0 Å². The number of hydroxylamine groups is 2. The van der Waals surface area contributed by atoms with Crippen LogP contribution in [0, 0.1) is 0 Å². The highest BCUT2D eigenvalue weighted by molar-refractivity contribution is 7.86. The first-order valence-electron chi connectivity index (χ1n) is 21.2. The Balaban J connectivity index is 1.22. The van der Waals surface area contributed by atoms with Gasteiger partial charge in [-0.15, -0.1) is 5.06 Å². The molecule has 6 rings (SSSR count). The summed E-state index contributed by atoms with van der Waals surface area (Å²) in [7, 11) is -8.31. The number of nitrogens with zero attached hydrogens (tertiary/aromatic N) is 3. The molecule has 0 unspecified atom stereocenters. The lowest BCUT2D eigenvalue weighted by molar-refractivity contribution is -0.438. The van der Waals surface area contributed by atoms with Gasteiger partial charge in [0.25, 0.3) is 32.1 Å². The molecule has 0 radical (unpaired) electrons. The van der Waals surface area contributed by atoms with Gasteiger partial charge in [0.1, 0.15) is 6.54 Å². The molecule has 17 nitrogen and oxygen atoms in total. The number of ether oxygens (including phenoxy) is 1. The Morgan fingerprint density at radius 3 is 1.94 bits per heavy atom. The van der Waals surface area contributed by atoms with E-state index in [-0.39, 0.29) is 49.7 Å². The number of hydrogen-bond acceptors (Lipinski definition) is 13. The van der Waals surface area contributed by atoms with Crippen LogP contribution in [0.15, 0.2) is 84.6 Å². The van der Waals surface area contributed by atoms with E-state index in [2.05, 4.69) is 0 Å². The standard InChI is InChI=1S/C46H51N3O14S2/c1-45(2)32-28-30(43(54)62-42-36(50)20-21-37(42)51)16-18-34(32)47(24-10-12-26-64(56,57)58)38(45)14-8-6-5-7-9-15-39-46(3,4)33-29-31(44(55)63-49-40(52)22-23-41(49)53)17-19-35(33)48(39)25-11-13-27-65(59,60)61/h5-9,14-19,28-29,42H,10-13,20-27H2,1-4H3,(H-,56,57,58,59,60,61)/p+1. The molecule has 0 bridgehead atoms. The second kappa shape index (κ2) is 19.3. The Morgan fingerprint density at radius 1 is 0.723 bits per heavy atom. The Bertz CT molecular complexity index is 2680. The minimum absolute atomic E-state index is 0.0293. The van der Waals surface area contributed by atoms with Crippen molar-refractivity contribution in [2.24, 2.45) is 0 Å². The van der Waals surface area contributed by atoms with Crippen molar-refractivity contribution in [2.45, 2.75) is 96.0 Å². The normalized spacial score (nSPS) is 19.3. The number of hydrogen-bond donors (Lipinski definition) is 2. The third-order valence-electron chi connectivity index (χ3n) is 11.9. The molecule has 3 aliphatic heterocycles. The van der Waals surface area contributed by atoms with E-state index in [1.165, 1.54) is 6.07 Å². The summed E-state index contributed by atoms with van der Waals surface area (Å²) in [6, 6.07) is 9.87. The average Bonchev–Trinajstić information content (AvgIpc) is 3.86. The van der Waals surface area contributed by atoms with Crippen LogP contribution in [-0.4, -0.2) is 107 Å². The first kappa shape index (κ1) is 48.6. The number of fused-ring (bicyclic) bond motifs is 2. The van der Waals surface area contributed by atoms with Gasteiger partial charge in [-0.2, -0.15) is 21.4 Å². The van der Waals surface area contributed by atoms with Gasteiger partial charge in [0.2, 0.25) is 11.8 Å². The summed E-state index contributed by atoms with van der Waals surface area (Å²) < 4.78 is 71.6. The van der Waals surface area contributed by atoms with E-state index >= 15 is 0 Å². The third kappa shape index (κ3) is 11.1. The molecule has 0 atom stereocenters. The Labute approximate surface area is 377 Å². The summed E-state index contributed by atoms with van der Waals surface area (Å²) in [5.41, 5.74) is 3.64. The number of carbonyl (C=O) groups is 6. The fourth-order valence-electron chi connectivity index (χ4n) is 8.47. The van der Waals surface area contributed by atoms with Crippen molar-refractivity contribution < 1.29 is 68.9 Å². The van der Waals surface area contributed by atoms with Gasteiger partial charge in [-0.25, -0.2) is 9.59 Å². The molecule has 0 aromatic heterocycles. The molecule has 1 aliphatic carbocycles. The van der Waals surface area contributed by atoms with Crippen molar-refractivity contribution in [1.29, 1.82) is 0 Å². The van der Waals surface area contributed by atoms with Gasteiger partial charge < -0.3 is 14.5 Å². The van der Waals surface area contributed by atoms with Gasteiger partial charge in [0, 0.05) is 73.2 Å². The van der Waals surface area contributed by atoms with Crippen molar-refractivity contribution >= 4 is 72.6 Å². The summed E-state index contributed by atoms with van der Waals surface area (Å²) in [5, 5.41) is 0.491. The maximum absolute atomic E-state index is 13.1. The van der Waals surface area contributed by atoms with Gasteiger partial charge >= 0.3 is 11.9 Å². The minimum Gasteiger partial charge on any atom is -0.443 e. The van der Waals surface area contributed by atoms with E-state index in [0.717, 1.165) is 33.9 Å². The third-order valence-corrected chi connectivity index (χ3v) is 13.5. The van der Waals surface area contributed by atoms with Crippen molar-refractivity contribution in [2.75, 3.05) is 29.5 Å². The van der Waals surface area contributed by atoms with Gasteiger partial charge in [-0.3, -0.25) is 28.3 Å². The first-order valence-corrected chi connectivity index (χ1v) is 24.4. The van der Waals surface area contributed by atoms with Crippen LogP contribution < -0.4 is 4.90 Å². The molecule has 0 spiro atoms. The number of benzene rings is 2. The zero-order chi connectivity index (χ0) is 47.5. The maximum Gasteiger partial charge on any atom is 0.363 e. The van der Waals surface area contributed by atoms with Crippen LogP contribution in [0.3, 0.4) is 0 Å². The molecule has 19 heteroatoms. The monoisotopic (exact) mass is 934 g/mol. The highest BCUT2D eigenvalue weighted by Gasteiger charge is 2.45. The van der Waals surface area contributed by atoms with Gasteiger partial charge in [0.15, 0.2) is 17.3 Å². The molecule has 65 heavy (non-hydrogen) atoms. The van der Waals surface area contributed by atoms with Gasteiger partial charge in [-0.05, 0) is 75.1 Å². The second-order valence-electron chi connectivity index (χ2n) is 17.2. The summed E-state index contributed by atoms with van der Waals surface area (Å²) >= 11 is 0. The number of rotatable bonds is 18. The number of Topliss-reactive ketones (excluding diaryl/α,β-unsaturated/α-hetero) is 2. The highest BCUT2D eigenvalue weighted by Crippen LogP contribution is 2.48. The Kier molecular flexibility index (Phi) is 14.4. The zero-order valence-electron chi connectivity index (χ0n) is 36.5. The molecular formula is C46H52N3O14S2+. The van der Waals surface area contributed by atoms with Crippen molar-refractivity contribution in [3.8, 4) is 0 Å². The lowest BCUT2D eigenvalue weighted by Gasteiger charge is -2.27. The molecule has 2 aromatic rings. The topological polar surface area (TPSA) is 239 Å². The van der Waals surface area contributed by atoms with Gasteiger partial charge in [-0.1, -0.05) is 44.2 Å². The Hall–Kier alpha value is -5.89. The fraction of sp³-hybridized carbons (Fsp3) is 0.413. The lowest BCUT2D eigenvalue weighted by Crippen LogP contribution is -2.32. The van der Waals surface area contributed by atoms with Crippen LogP contribution >= 0.6 is 0 Å². The SMILES string of the molecule is CC1(C)C(/C=C/C=C/C=C/C=C2/N(CCCCS(=O)(=O)O)c3ccc(C(=O)ON4C(=O)CCC4=O)cc3C2(C)C)=[N+](CCCCS(=O)(=O)O)c2ccc(C(=O)OC3C(=O)CCC3=O)cc21. The van der Waals surface area contributed by atoms with E-state index in [9.17, 15) is 54.7 Å². The van der Waals surface area contributed by atoms with Crippen molar-refractivity contribution in [3.05, 3.63) is 107 Å². The fourth-order valence-corrected chi connectivity index (χ4v) is 9.61. The number of carbonyl (C=O) groups excluding carboxylic acids is 6. The first-order chi connectivity index (χ1) is 30.5. The van der Waals surface area contributed by atoms with Crippen LogP contribution in [-0.2, 0) is 59.8 Å². The van der Waals surface area contributed by atoms with Crippen molar-refractivity contribution in [3.63, 3.8) is 0 Å². The van der Waals surface area contributed by atoms with E-state index in [0.29, 0.717) is 31.0 Å². The van der Waals surface area contributed by atoms with E-state index < -0.39 is 84.0 Å². The van der Waals surface area contributed by atoms with E-state index in [1.54, 1.807) is 36.4 Å².